The van der Waals surface area contributed by atoms with Crippen molar-refractivity contribution in [3.8, 4) is 0 Å². The van der Waals surface area contributed by atoms with Crippen LogP contribution in [-0.4, -0.2) is 41.8 Å². The fraction of sp³-hybridized carbons (Fsp3) is 0.667. The summed E-state index contributed by atoms with van der Waals surface area (Å²) in [5.41, 5.74) is 2.90. The molecule has 3 unspecified atom stereocenters. The second kappa shape index (κ2) is 6.91. The maximum absolute atomic E-state index is 10.3. The summed E-state index contributed by atoms with van der Waals surface area (Å²) in [5.74, 6) is 0.763. The van der Waals surface area contributed by atoms with Crippen molar-refractivity contribution < 1.29 is 5.11 Å². The summed E-state index contributed by atoms with van der Waals surface area (Å²) in [4.78, 5) is 2.38. The molecule has 3 rings (SSSR count). The lowest BCUT2D eigenvalue weighted by molar-refractivity contribution is 0.101. The fourth-order valence-electron chi connectivity index (χ4n) is 3.81. The molecule has 0 amide bonds. The normalized spacial score (nSPS) is 27.5. The molecule has 3 atom stereocenters. The van der Waals surface area contributed by atoms with Crippen LogP contribution in [0.15, 0.2) is 24.3 Å². The van der Waals surface area contributed by atoms with Gasteiger partial charge in [0, 0.05) is 32.2 Å². The third-order valence-corrected chi connectivity index (χ3v) is 5.16. The number of fused-ring (bicyclic) bond motifs is 1. The van der Waals surface area contributed by atoms with Crippen LogP contribution in [0.4, 0.5) is 0 Å². The van der Waals surface area contributed by atoms with Crippen LogP contribution < -0.4 is 5.32 Å². The van der Waals surface area contributed by atoms with Crippen molar-refractivity contribution in [1.29, 1.82) is 0 Å². The first kappa shape index (κ1) is 15.0. The number of nitrogens with zero attached hydrogens (tertiary/aromatic N) is 1. The Labute approximate surface area is 128 Å². The van der Waals surface area contributed by atoms with Gasteiger partial charge in [0.15, 0.2) is 0 Å². The van der Waals surface area contributed by atoms with Gasteiger partial charge in [0.05, 0.1) is 6.10 Å². The Balaban J connectivity index is 1.44. The van der Waals surface area contributed by atoms with Crippen LogP contribution in [0.1, 0.15) is 37.3 Å². The quantitative estimate of drug-likeness (QED) is 0.872. The topological polar surface area (TPSA) is 35.5 Å². The lowest BCUT2D eigenvalue weighted by atomic mass is 10.00. The van der Waals surface area contributed by atoms with Gasteiger partial charge in [0.1, 0.15) is 0 Å². The van der Waals surface area contributed by atoms with Crippen LogP contribution >= 0.6 is 0 Å². The molecule has 0 spiro atoms. The van der Waals surface area contributed by atoms with Crippen molar-refractivity contribution in [2.45, 2.75) is 51.3 Å². The molecule has 2 N–H and O–H groups in total. The molecule has 1 saturated carbocycles. The predicted octanol–water partition coefficient (Wildman–Crippen LogP) is 2.18. The highest BCUT2D eigenvalue weighted by Crippen LogP contribution is 2.24. The molecule has 1 fully saturated rings. The van der Waals surface area contributed by atoms with Crippen molar-refractivity contribution in [2.75, 3.05) is 19.6 Å². The van der Waals surface area contributed by atoms with Gasteiger partial charge in [-0.2, -0.15) is 0 Å². The number of nitrogens with one attached hydrogen (secondary N) is 1. The summed E-state index contributed by atoms with van der Waals surface area (Å²) in [6.45, 7) is 5.87. The third kappa shape index (κ3) is 3.85. The molecule has 1 heterocycles. The number of hydrogen-bond donors (Lipinski definition) is 2. The molecule has 1 aliphatic heterocycles. The molecule has 1 aromatic rings. The number of aliphatic hydroxyl groups is 1. The number of aliphatic hydroxyl groups excluding tert-OH is 1. The molecule has 0 radical (unpaired) electrons. The van der Waals surface area contributed by atoms with Gasteiger partial charge in [-0.05, 0) is 36.3 Å². The molecular weight excluding hydrogens is 260 g/mol. The van der Waals surface area contributed by atoms with E-state index in [1.54, 1.807) is 0 Å². The van der Waals surface area contributed by atoms with Crippen LogP contribution in [-0.2, 0) is 13.0 Å². The Morgan fingerprint density at radius 1 is 1.29 bits per heavy atom. The van der Waals surface area contributed by atoms with Crippen LogP contribution in [0.5, 0.6) is 0 Å². The summed E-state index contributed by atoms with van der Waals surface area (Å²) in [5, 5.41) is 13.9. The van der Waals surface area contributed by atoms with Crippen molar-refractivity contribution >= 4 is 0 Å². The first-order valence-corrected chi connectivity index (χ1v) is 8.43. The van der Waals surface area contributed by atoms with Gasteiger partial charge in [-0.25, -0.2) is 0 Å². The van der Waals surface area contributed by atoms with Crippen LogP contribution in [0.25, 0.3) is 0 Å². The van der Waals surface area contributed by atoms with E-state index in [-0.39, 0.29) is 6.10 Å². The number of β-amino-alcohol motifs (C(OH)–C–C–N with tert-alkyl or cyclic N) is 1. The number of hydrogen-bond acceptors (Lipinski definition) is 3. The van der Waals surface area contributed by atoms with E-state index in [2.05, 4.69) is 41.4 Å². The summed E-state index contributed by atoms with van der Waals surface area (Å²) >= 11 is 0. The van der Waals surface area contributed by atoms with Crippen LogP contribution in [0, 0.1) is 5.92 Å². The molecule has 0 saturated heterocycles. The second-order valence-corrected chi connectivity index (χ2v) is 6.83. The fourth-order valence-corrected chi connectivity index (χ4v) is 3.81. The average Bonchev–Trinajstić information content (AvgIpc) is 2.90. The van der Waals surface area contributed by atoms with Crippen LogP contribution in [0.3, 0.4) is 0 Å². The smallest absolute Gasteiger partial charge is 0.0791 e. The van der Waals surface area contributed by atoms with E-state index in [0.29, 0.717) is 6.04 Å². The Bertz CT molecular complexity index is 462. The van der Waals surface area contributed by atoms with Gasteiger partial charge < -0.3 is 10.4 Å². The maximum atomic E-state index is 10.3. The summed E-state index contributed by atoms with van der Waals surface area (Å²) in [6.07, 6.45) is 4.78. The first-order chi connectivity index (χ1) is 10.2. The Morgan fingerprint density at radius 2 is 2.10 bits per heavy atom. The van der Waals surface area contributed by atoms with Crippen molar-refractivity contribution in [3.05, 3.63) is 35.4 Å². The highest BCUT2D eigenvalue weighted by atomic mass is 16.3. The number of benzene rings is 1. The van der Waals surface area contributed by atoms with Crippen molar-refractivity contribution in [3.63, 3.8) is 0 Å². The van der Waals surface area contributed by atoms with E-state index >= 15 is 0 Å². The molecule has 0 bridgehead atoms. The van der Waals surface area contributed by atoms with E-state index in [1.165, 1.54) is 30.4 Å². The Kier molecular flexibility index (Phi) is 4.94. The average molecular weight is 288 g/mol. The highest BCUT2D eigenvalue weighted by Gasteiger charge is 2.24. The van der Waals surface area contributed by atoms with Crippen molar-refractivity contribution in [2.24, 2.45) is 5.92 Å². The van der Waals surface area contributed by atoms with E-state index < -0.39 is 0 Å². The molecule has 2 aliphatic rings. The highest BCUT2D eigenvalue weighted by molar-refractivity contribution is 5.29. The van der Waals surface area contributed by atoms with E-state index in [4.69, 9.17) is 0 Å². The monoisotopic (exact) mass is 288 g/mol. The molecule has 0 aromatic heterocycles. The minimum absolute atomic E-state index is 0.261. The third-order valence-electron chi connectivity index (χ3n) is 5.16. The van der Waals surface area contributed by atoms with E-state index in [9.17, 15) is 5.11 Å². The molecule has 3 heteroatoms. The zero-order valence-electron chi connectivity index (χ0n) is 13.1. The lowest BCUT2D eigenvalue weighted by Gasteiger charge is -2.31. The summed E-state index contributed by atoms with van der Waals surface area (Å²) in [6, 6.07) is 9.29. The molecule has 1 aromatic carbocycles. The summed E-state index contributed by atoms with van der Waals surface area (Å²) < 4.78 is 0. The first-order valence-electron chi connectivity index (χ1n) is 8.43. The molecule has 1 aliphatic carbocycles. The molecule has 21 heavy (non-hydrogen) atoms. The molecule has 116 valence electrons. The van der Waals surface area contributed by atoms with E-state index in [1.807, 2.05) is 0 Å². The number of rotatable bonds is 5. The SMILES string of the molecule is CC1CCCC1NCC(O)CN1CCc2ccccc2C1. The van der Waals surface area contributed by atoms with Gasteiger partial charge in [-0.15, -0.1) is 0 Å². The largest absolute Gasteiger partial charge is 0.390 e. The van der Waals surface area contributed by atoms with Gasteiger partial charge >= 0.3 is 0 Å². The zero-order chi connectivity index (χ0) is 14.7. The standard InChI is InChI=1S/C18H28N2O/c1-14-5-4-8-18(14)19-11-17(21)13-20-10-9-15-6-2-3-7-16(15)12-20/h2-3,6-7,14,17-19,21H,4-5,8-13H2,1H3. The van der Waals surface area contributed by atoms with E-state index in [0.717, 1.165) is 38.5 Å². The summed E-state index contributed by atoms with van der Waals surface area (Å²) in [7, 11) is 0. The van der Waals surface area contributed by atoms with Gasteiger partial charge in [-0.3, -0.25) is 4.90 Å². The van der Waals surface area contributed by atoms with Gasteiger partial charge in [0.25, 0.3) is 0 Å². The predicted molar refractivity (Wildman–Crippen MR) is 86.2 cm³/mol. The Morgan fingerprint density at radius 3 is 2.86 bits per heavy atom. The van der Waals surface area contributed by atoms with Crippen LogP contribution in [0.2, 0.25) is 0 Å². The molecular formula is C18H28N2O. The maximum Gasteiger partial charge on any atom is 0.0791 e. The minimum Gasteiger partial charge on any atom is -0.390 e. The second-order valence-electron chi connectivity index (χ2n) is 6.83. The lowest BCUT2D eigenvalue weighted by Crippen LogP contribution is -2.43. The molecule has 3 nitrogen and oxygen atoms in total. The Hall–Kier alpha value is -0.900. The minimum atomic E-state index is -0.261. The van der Waals surface area contributed by atoms with Gasteiger partial charge in [-0.1, -0.05) is 37.6 Å². The zero-order valence-corrected chi connectivity index (χ0v) is 13.1. The van der Waals surface area contributed by atoms with Crippen molar-refractivity contribution in [1.82, 2.24) is 10.2 Å². The van der Waals surface area contributed by atoms with Gasteiger partial charge in [0.2, 0.25) is 0 Å².